The van der Waals surface area contributed by atoms with Crippen molar-refractivity contribution in [3.8, 4) is 0 Å². The van der Waals surface area contributed by atoms with Crippen LogP contribution in [-0.4, -0.2) is 48.1 Å². The quantitative estimate of drug-likeness (QED) is 0.794. The highest BCUT2D eigenvalue weighted by Crippen LogP contribution is 2.54. The predicted molar refractivity (Wildman–Crippen MR) is 108 cm³/mol. The second-order valence-corrected chi connectivity index (χ2v) is 9.57. The number of nitrogens with one attached hydrogen (secondary N) is 1. The zero-order valence-corrected chi connectivity index (χ0v) is 17.5. The Morgan fingerprint density at radius 1 is 1.31 bits per heavy atom. The summed E-state index contributed by atoms with van der Waals surface area (Å²) in [5, 5.41) is 3.16. The van der Waals surface area contributed by atoms with E-state index in [4.69, 9.17) is 4.74 Å². The fraction of sp³-hybridized carbons (Fsp3) is 0.652. The Hall–Kier alpha value is -1.95. The molecule has 2 bridgehead atoms. The summed E-state index contributed by atoms with van der Waals surface area (Å²) in [5.74, 6) is 0.139. The van der Waals surface area contributed by atoms with Crippen molar-refractivity contribution in [1.82, 2.24) is 10.2 Å². The third-order valence-corrected chi connectivity index (χ3v) is 7.15. The summed E-state index contributed by atoms with van der Waals surface area (Å²) in [7, 11) is 0. The van der Waals surface area contributed by atoms with Gasteiger partial charge < -0.3 is 15.0 Å². The molecule has 0 saturated carbocycles. The van der Waals surface area contributed by atoms with Crippen LogP contribution in [0.1, 0.15) is 56.8 Å². The molecule has 3 fully saturated rings. The molecule has 29 heavy (non-hydrogen) atoms. The Morgan fingerprint density at radius 2 is 2.03 bits per heavy atom. The molecule has 3 saturated heterocycles. The van der Waals surface area contributed by atoms with E-state index in [-0.39, 0.29) is 46.6 Å². The fourth-order valence-electron chi connectivity index (χ4n) is 5.58. The van der Waals surface area contributed by atoms with Crippen LogP contribution in [-0.2, 0) is 9.53 Å². The number of carbonyl (C=O) groups excluding carboxylic acids is 2. The second-order valence-electron chi connectivity index (χ2n) is 9.57. The molecule has 158 valence electrons. The molecule has 5 nitrogen and oxygen atoms in total. The van der Waals surface area contributed by atoms with Crippen LogP contribution in [0.2, 0.25) is 0 Å². The largest absolute Gasteiger partial charge is 0.369 e. The summed E-state index contributed by atoms with van der Waals surface area (Å²) >= 11 is 0. The Labute approximate surface area is 172 Å². The first kappa shape index (κ1) is 20.3. The highest BCUT2D eigenvalue weighted by Gasteiger charge is 2.63. The van der Waals surface area contributed by atoms with E-state index < -0.39 is 0 Å². The number of benzene rings is 1. The molecule has 0 radical (unpaired) electrons. The molecule has 4 rings (SSSR count). The van der Waals surface area contributed by atoms with Gasteiger partial charge >= 0.3 is 0 Å². The van der Waals surface area contributed by atoms with Crippen molar-refractivity contribution >= 4 is 11.8 Å². The van der Waals surface area contributed by atoms with Crippen LogP contribution < -0.4 is 5.32 Å². The highest BCUT2D eigenvalue weighted by molar-refractivity contribution is 5.94. The molecule has 4 atom stereocenters. The maximum Gasteiger partial charge on any atom is 0.253 e. The van der Waals surface area contributed by atoms with E-state index in [0.717, 1.165) is 25.7 Å². The Balaban J connectivity index is 1.43. The lowest BCUT2D eigenvalue weighted by Crippen LogP contribution is -2.45. The Bertz CT molecular complexity index is 794. The van der Waals surface area contributed by atoms with Gasteiger partial charge in [0.1, 0.15) is 5.82 Å². The minimum atomic E-state index is -0.370. The number of amides is 2. The van der Waals surface area contributed by atoms with Gasteiger partial charge in [0, 0.05) is 35.9 Å². The van der Waals surface area contributed by atoms with Crippen LogP contribution >= 0.6 is 0 Å². The van der Waals surface area contributed by atoms with E-state index in [1.165, 1.54) is 24.3 Å². The number of hydrogen-bond donors (Lipinski definition) is 1. The van der Waals surface area contributed by atoms with Crippen molar-refractivity contribution in [3.63, 3.8) is 0 Å². The van der Waals surface area contributed by atoms with Crippen molar-refractivity contribution in [3.05, 3.63) is 35.6 Å². The zero-order chi connectivity index (χ0) is 20.8. The van der Waals surface area contributed by atoms with Gasteiger partial charge in [0.05, 0.1) is 18.2 Å². The first-order valence-corrected chi connectivity index (χ1v) is 10.8. The van der Waals surface area contributed by atoms with E-state index in [1.807, 2.05) is 18.7 Å². The number of carbonyl (C=O) groups is 2. The SMILES string of the molecule is CCCC(C)(C)C(=O)NC[C@H]1[C@H]2CN(C(=O)c3ccc(F)cc3)C[C@]23CC[C@H]1O3. The number of halogens is 1. The first-order chi connectivity index (χ1) is 13.8. The van der Waals surface area contributed by atoms with Gasteiger partial charge in [-0.3, -0.25) is 9.59 Å². The molecule has 3 aliphatic rings. The van der Waals surface area contributed by atoms with Gasteiger partial charge in [0.15, 0.2) is 0 Å². The highest BCUT2D eigenvalue weighted by atomic mass is 19.1. The lowest BCUT2D eigenvalue weighted by Gasteiger charge is -2.30. The summed E-state index contributed by atoms with van der Waals surface area (Å²) in [5.41, 5.74) is -0.150. The summed E-state index contributed by atoms with van der Waals surface area (Å²) in [6.45, 7) is 7.88. The smallest absolute Gasteiger partial charge is 0.253 e. The fourth-order valence-corrected chi connectivity index (χ4v) is 5.58. The average molecular weight is 403 g/mol. The molecule has 3 aliphatic heterocycles. The van der Waals surface area contributed by atoms with Crippen molar-refractivity contribution in [2.24, 2.45) is 17.3 Å². The Kier molecular flexibility index (Phi) is 5.18. The molecule has 0 unspecified atom stereocenters. The lowest BCUT2D eigenvalue weighted by atomic mass is 9.73. The minimum Gasteiger partial charge on any atom is -0.369 e. The number of nitrogens with zero attached hydrogens (tertiary/aromatic N) is 1. The van der Waals surface area contributed by atoms with Crippen LogP contribution in [0, 0.1) is 23.1 Å². The molecule has 2 amide bonds. The summed E-state index contributed by atoms with van der Waals surface area (Å²) in [6, 6.07) is 5.71. The first-order valence-electron chi connectivity index (χ1n) is 10.8. The molecule has 1 N–H and O–H groups in total. The third kappa shape index (κ3) is 3.56. The Morgan fingerprint density at radius 3 is 2.72 bits per heavy atom. The van der Waals surface area contributed by atoms with Gasteiger partial charge in [-0.15, -0.1) is 0 Å². The van der Waals surface area contributed by atoms with Crippen molar-refractivity contribution < 1.29 is 18.7 Å². The standard InChI is InChI=1S/C23H31FN2O3/c1-4-10-22(2,3)21(28)25-12-17-18-13-26(14-23(18)11-9-19(17)29-23)20(27)15-5-7-16(24)8-6-15/h5-8,17-19H,4,9-14H2,1-3H3,(H,25,28)/t17-,18+,19+,23+/m0/s1. The average Bonchev–Trinajstić information content (AvgIpc) is 3.34. The molecular weight excluding hydrogens is 371 g/mol. The van der Waals surface area contributed by atoms with Crippen LogP contribution in [0.4, 0.5) is 4.39 Å². The van der Waals surface area contributed by atoms with Crippen LogP contribution in [0.15, 0.2) is 24.3 Å². The molecule has 1 aromatic rings. The summed E-state index contributed by atoms with van der Waals surface area (Å²) < 4.78 is 19.6. The number of hydrogen-bond acceptors (Lipinski definition) is 3. The van der Waals surface area contributed by atoms with E-state index in [2.05, 4.69) is 12.2 Å². The van der Waals surface area contributed by atoms with E-state index >= 15 is 0 Å². The molecule has 0 aliphatic carbocycles. The van der Waals surface area contributed by atoms with Gasteiger partial charge in [-0.05, 0) is 43.5 Å². The maximum atomic E-state index is 13.2. The minimum absolute atomic E-state index is 0.0762. The molecule has 1 aromatic carbocycles. The van der Waals surface area contributed by atoms with E-state index in [0.29, 0.717) is 25.2 Å². The van der Waals surface area contributed by atoms with Crippen LogP contribution in [0.5, 0.6) is 0 Å². The van der Waals surface area contributed by atoms with Crippen molar-refractivity contribution in [2.75, 3.05) is 19.6 Å². The third-order valence-electron chi connectivity index (χ3n) is 7.15. The summed E-state index contributed by atoms with van der Waals surface area (Å²) in [6.07, 6.45) is 3.94. The van der Waals surface area contributed by atoms with Crippen LogP contribution in [0.3, 0.4) is 0 Å². The second kappa shape index (κ2) is 7.38. The number of rotatable bonds is 6. The molecule has 3 heterocycles. The maximum absolute atomic E-state index is 13.2. The van der Waals surface area contributed by atoms with Crippen molar-refractivity contribution in [2.45, 2.75) is 58.2 Å². The number of fused-ring (bicyclic) bond motifs is 1. The van der Waals surface area contributed by atoms with Crippen LogP contribution in [0.25, 0.3) is 0 Å². The predicted octanol–water partition coefficient (Wildman–Crippen LogP) is 3.39. The monoisotopic (exact) mass is 402 g/mol. The molecule has 0 aromatic heterocycles. The van der Waals surface area contributed by atoms with Crippen molar-refractivity contribution in [1.29, 1.82) is 0 Å². The molecular formula is C23H31FN2O3. The number of likely N-dealkylation sites (tertiary alicyclic amines) is 1. The van der Waals surface area contributed by atoms with Gasteiger partial charge in [-0.2, -0.15) is 0 Å². The zero-order valence-electron chi connectivity index (χ0n) is 17.5. The topological polar surface area (TPSA) is 58.6 Å². The summed E-state index contributed by atoms with van der Waals surface area (Å²) in [4.78, 5) is 27.4. The van der Waals surface area contributed by atoms with Gasteiger partial charge in [0.25, 0.3) is 5.91 Å². The van der Waals surface area contributed by atoms with E-state index in [9.17, 15) is 14.0 Å². The molecule has 6 heteroatoms. The normalized spacial score (nSPS) is 30.5. The van der Waals surface area contributed by atoms with Gasteiger partial charge in [-0.25, -0.2) is 4.39 Å². The van der Waals surface area contributed by atoms with Gasteiger partial charge in [0.2, 0.25) is 5.91 Å². The molecule has 1 spiro atoms. The van der Waals surface area contributed by atoms with E-state index in [1.54, 1.807) is 0 Å². The number of ether oxygens (including phenoxy) is 1. The lowest BCUT2D eigenvalue weighted by molar-refractivity contribution is -0.130. The van der Waals surface area contributed by atoms with Gasteiger partial charge in [-0.1, -0.05) is 27.2 Å².